The fraction of sp³-hybridized carbons (Fsp3) is 1.00. The fourth-order valence-electron chi connectivity index (χ4n) is 4.13. The van der Waals surface area contributed by atoms with Crippen molar-refractivity contribution in [3.05, 3.63) is 0 Å². The predicted molar refractivity (Wildman–Crippen MR) is 73.7 cm³/mol. The van der Waals surface area contributed by atoms with Gasteiger partial charge in [0.25, 0.3) is 0 Å². The Kier molecular flexibility index (Phi) is 3.92. The van der Waals surface area contributed by atoms with E-state index in [9.17, 15) is 0 Å². The van der Waals surface area contributed by atoms with Gasteiger partial charge in [0.1, 0.15) is 0 Å². The van der Waals surface area contributed by atoms with Crippen LogP contribution in [0, 0.1) is 11.8 Å². The third-order valence-corrected chi connectivity index (χ3v) is 5.22. The molecule has 3 aliphatic heterocycles. The van der Waals surface area contributed by atoms with Gasteiger partial charge < -0.3 is 10.1 Å². The first-order chi connectivity index (χ1) is 8.75. The van der Waals surface area contributed by atoms with Crippen molar-refractivity contribution in [2.45, 2.75) is 57.7 Å². The van der Waals surface area contributed by atoms with Crippen LogP contribution in [0.5, 0.6) is 0 Å². The normalized spacial score (nSPS) is 42.2. The molecule has 0 bridgehead atoms. The largest absolute Gasteiger partial charge is 0.378 e. The van der Waals surface area contributed by atoms with Crippen molar-refractivity contribution in [1.82, 2.24) is 10.2 Å². The Hall–Kier alpha value is -0.120. The zero-order valence-corrected chi connectivity index (χ0v) is 11.9. The maximum absolute atomic E-state index is 5.93. The fourth-order valence-corrected chi connectivity index (χ4v) is 4.13. The number of fused-ring (bicyclic) bond motifs is 1. The van der Waals surface area contributed by atoms with Crippen molar-refractivity contribution < 1.29 is 4.74 Å². The second kappa shape index (κ2) is 5.48. The van der Waals surface area contributed by atoms with Crippen LogP contribution < -0.4 is 5.32 Å². The van der Waals surface area contributed by atoms with E-state index in [0.717, 1.165) is 24.6 Å². The van der Waals surface area contributed by atoms with Gasteiger partial charge >= 0.3 is 0 Å². The van der Waals surface area contributed by atoms with Gasteiger partial charge in [-0.05, 0) is 50.6 Å². The lowest BCUT2D eigenvalue weighted by molar-refractivity contribution is -0.0636. The molecule has 3 fully saturated rings. The summed E-state index contributed by atoms with van der Waals surface area (Å²) < 4.78 is 5.93. The van der Waals surface area contributed by atoms with E-state index >= 15 is 0 Å². The Morgan fingerprint density at radius 1 is 1.22 bits per heavy atom. The van der Waals surface area contributed by atoms with Crippen LogP contribution in [-0.4, -0.2) is 49.3 Å². The van der Waals surface area contributed by atoms with Gasteiger partial charge in [0.05, 0.1) is 6.10 Å². The third-order valence-electron chi connectivity index (χ3n) is 5.22. The molecule has 4 atom stereocenters. The number of nitrogens with one attached hydrogen (secondary N) is 1. The van der Waals surface area contributed by atoms with Crippen molar-refractivity contribution in [2.24, 2.45) is 11.8 Å². The first-order valence-corrected chi connectivity index (χ1v) is 7.83. The molecule has 3 heteroatoms. The molecule has 104 valence electrons. The first-order valence-electron chi connectivity index (χ1n) is 7.83. The summed E-state index contributed by atoms with van der Waals surface area (Å²) in [4.78, 5) is 2.83. The van der Waals surface area contributed by atoms with E-state index < -0.39 is 0 Å². The zero-order valence-electron chi connectivity index (χ0n) is 11.9. The van der Waals surface area contributed by atoms with Gasteiger partial charge in [-0.3, -0.25) is 4.90 Å². The van der Waals surface area contributed by atoms with Gasteiger partial charge in [0.15, 0.2) is 0 Å². The van der Waals surface area contributed by atoms with Crippen LogP contribution in [-0.2, 0) is 4.74 Å². The van der Waals surface area contributed by atoms with E-state index in [1.807, 2.05) is 0 Å². The molecule has 0 spiro atoms. The number of piperidine rings is 1. The summed E-state index contributed by atoms with van der Waals surface area (Å²) in [6.45, 7) is 9.34. The summed E-state index contributed by atoms with van der Waals surface area (Å²) in [6.07, 6.45) is 5.81. The van der Waals surface area contributed by atoms with Crippen LogP contribution in [0.15, 0.2) is 0 Å². The van der Waals surface area contributed by atoms with Crippen molar-refractivity contribution in [2.75, 3.05) is 26.2 Å². The van der Waals surface area contributed by atoms with Gasteiger partial charge in [-0.1, -0.05) is 13.8 Å². The van der Waals surface area contributed by atoms with E-state index in [2.05, 4.69) is 24.1 Å². The molecule has 0 aromatic carbocycles. The topological polar surface area (TPSA) is 24.5 Å². The average Bonchev–Trinajstić information content (AvgIpc) is 2.87. The minimum absolute atomic E-state index is 0.485. The van der Waals surface area contributed by atoms with Crippen LogP contribution in [0.1, 0.15) is 39.5 Å². The molecule has 0 aromatic heterocycles. The molecular formula is C15H28N2O. The van der Waals surface area contributed by atoms with Gasteiger partial charge in [0, 0.05) is 25.2 Å². The van der Waals surface area contributed by atoms with Crippen molar-refractivity contribution in [3.63, 3.8) is 0 Å². The van der Waals surface area contributed by atoms with Gasteiger partial charge in [-0.2, -0.15) is 0 Å². The van der Waals surface area contributed by atoms with Crippen LogP contribution in [0.3, 0.4) is 0 Å². The van der Waals surface area contributed by atoms with Crippen molar-refractivity contribution >= 4 is 0 Å². The predicted octanol–water partition coefficient (Wildman–Crippen LogP) is 1.87. The van der Waals surface area contributed by atoms with Gasteiger partial charge in [0.2, 0.25) is 0 Å². The standard InChI is InChI=1S/C15H28N2O/c1-11(2)15-8-13(5-7-18-15)17-6-3-4-12-9-16-10-14(12)17/h11-16H,3-10H2,1-2H3. The summed E-state index contributed by atoms with van der Waals surface area (Å²) >= 11 is 0. The number of nitrogens with zero attached hydrogens (tertiary/aromatic N) is 1. The van der Waals surface area contributed by atoms with Crippen molar-refractivity contribution in [1.29, 1.82) is 0 Å². The minimum atomic E-state index is 0.485. The summed E-state index contributed by atoms with van der Waals surface area (Å²) in [5.74, 6) is 1.58. The van der Waals surface area contributed by atoms with E-state index in [0.29, 0.717) is 12.0 Å². The van der Waals surface area contributed by atoms with Gasteiger partial charge in [-0.25, -0.2) is 0 Å². The minimum Gasteiger partial charge on any atom is -0.378 e. The van der Waals surface area contributed by atoms with E-state index in [4.69, 9.17) is 4.74 Å². The van der Waals surface area contributed by atoms with Crippen LogP contribution in [0.2, 0.25) is 0 Å². The second-order valence-electron chi connectivity index (χ2n) is 6.70. The molecule has 0 radical (unpaired) electrons. The average molecular weight is 252 g/mol. The molecule has 0 aliphatic carbocycles. The highest BCUT2D eigenvalue weighted by atomic mass is 16.5. The molecule has 3 saturated heterocycles. The third kappa shape index (κ3) is 2.45. The maximum atomic E-state index is 5.93. The van der Waals surface area contributed by atoms with Gasteiger partial charge in [-0.15, -0.1) is 0 Å². The van der Waals surface area contributed by atoms with E-state index in [1.54, 1.807) is 0 Å². The van der Waals surface area contributed by atoms with Crippen LogP contribution in [0.25, 0.3) is 0 Å². The van der Waals surface area contributed by atoms with E-state index in [1.165, 1.54) is 45.3 Å². The molecular weight excluding hydrogens is 224 g/mol. The number of ether oxygens (including phenoxy) is 1. The Morgan fingerprint density at radius 2 is 2.11 bits per heavy atom. The highest BCUT2D eigenvalue weighted by Crippen LogP contribution is 2.32. The highest BCUT2D eigenvalue weighted by Gasteiger charge is 2.39. The second-order valence-corrected chi connectivity index (χ2v) is 6.70. The number of rotatable bonds is 2. The molecule has 3 aliphatic rings. The Balaban J connectivity index is 1.65. The lowest BCUT2D eigenvalue weighted by Gasteiger charge is -2.45. The Bertz CT molecular complexity index is 282. The number of likely N-dealkylation sites (tertiary alicyclic amines) is 1. The Labute approximate surface area is 111 Å². The number of hydrogen-bond acceptors (Lipinski definition) is 3. The molecule has 1 N–H and O–H groups in total. The summed E-state index contributed by atoms with van der Waals surface area (Å²) in [7, 11) is 0. The molecule has 3 nitrogen and oxygen atoms in total. The summed E-state index contributed by atoms with van der Waals surface area (Å²) in [5.41, 5.74) is 0. The highest BCUT2D eigenvalue weighted by molar-refractivity contribution is 4.95. The first kappa shape index (κ1) is 12.9. The van der Waals surface area contributed by atoms with Crippen LogP contribution >= 0.6 is 0 Å². The molecule has 0 aromatic rings. The monoisotopic (exact) mass is 252 g/mol. The SMILES string of the molecule is CC(C)C1CC(N2CCCC3CNCC32)CCO1. The Morgan fingerprint density at radius 3 is 2.94 bits per heavy atom. The molecule has 4 unspecified atom stereocenters. The molecule has 0 saturated carbocycles. The molecule has 18 heavy (non-hydrogen) atoms. The molecule has 0 amide bonds. The van der Waals surface area contributed by atoms with Crippen molar-refractivity contribution in [3.8, 4) is 0 Å². The lowest BCUT2D eigenvalue weighted by atomic mass is 9.87. The smallest absolute Gasteiger partial charge is 0.0612 e. The maximum Gasteiger partial charge on any atom is 0.0612 e. The molecule has 3 heterocycles. The summed E-state index contributed by atoms with van der Waals surface area (Å²) in [5, 5.41) is 3.59. The lowest BCUT2D eigenvalue weighted by Crippen LogP contribution is -2.53. The zero-order chi connectivity index (χ0) is 12.5. The quantitative estimate of drug-likeness (QED) is 0.812. The number of hydrogen-bond donors (Lipinski definition) is 1. The van der Waals surface area contributed by atoms with E-state index in [-0.39, 0.29) is 0 Å². The van der Waals surface area contributed by atoms with Crippen LogP contribution in [0.4, 0.5) is 0 Å². The molecule has 3 rings (SSSR count). The summed E-state index contributed by atoms with van der Waals surface area (Å²) in [6, 6.07) is 1.59.